The average molecular weight is 470 g/mol. The summed E-state index contributed by atoms with van der Waals surface area (Å²) in [5.41, 5.74) is 5.41. The van der Waals surface area contributed by atoms with Crippen molar-refractivity contribution in [3.63, 3.8) is 0 Å². The van der Waals surface area contributed by atoms with E-state index in [9.17, 15) is 45.6 Å². The molecule has 0 aromatic rings. The number of aliphatic hydroxyl groups is 7. The minimum Gasteiger partial charge on any atom is -0.480 e. The Labute approximate surface area is 184 Å². The maximum atomic E-state index is 11.5. The second-order valence-corrected chi connectivity index (χ2v) is 7.90. The molecule has 0 aromatic heterocycles. The molecule has 0 aliphatic carbocycles. The van der Waals surface area contributed by atoms with E-state index >= 15 is 0 Å². The molecule has 2 rings (SSSR count). The smallest absolute Gasteiger partial charge is 0.320 e. The second kappa shape index (κ2) is 12.5. The van der Waals surface area contributed by atoms with Gasteiger partial charge in [0, 0.05) is 0 Å². The summed E-state index contributed by atoms with van der Waals surface area (Å²) in [7, 11) is 0. The summed E-state index contributed by atoms with van der Waals surface area (Å²) in [6.45, 7) is -1.03. The van der Waals surface area contributed by atoms with E-state index in [1.807, 2.05) is 0 Å². The van der Waals surface area contributed by atoms with Gasteiger partial charge in [0.15, 0.2) is 6.29 Å². The fourth-order valence-electron chi connectivity index (χ4n) is 3.70. The Morgan fingerprint density at radius 1 is 0.906 bits per heavy atom. The lowest BCUT2D eigenvalue weighted by atomic mass is 9.96. The van der Waals surface area contributed by atoms with Crippen molar-refractivity contribution < 1.29 is 59.9 Å². The maximum Gasteiger partial charge on any atom is 0.320 e. The summed E-state index contributed by atoms with van der Waals surface area (Å²) in [6.07, 6.45) is -14.3. The van der Waals surface area contributed by atoms with Gasteiger partial charge >= 0.3 is 5.97 Å². The fraction of sp³-hybridized carbons (Fsp3) is 0.944. The van der Waals surface area contributed by atoms with Crippen molar-refractivity contribution >= 4 is 5.97 Å². The van der Waals surface area contributed by atoms with E-state index in [1.165, 1.54) is 0 Å². The lowest BCUT2D eigenvalue weighted by molar-refractivity contribution is -0.343. The minimum atomic E-state index is -1.77. The van der Waals surface area contributed by atoms with Crippen LogP contribution in [-0.4, -0.2) is 134 Å². The quantitative estimate of drug-likeness (QED) is 0.127. The molecule has 0 radical (unpaired) electrons. The van der Waals surface area contributed by atoms with E-state index < -0.39 is 86.6 Å². The van der Waals surface area contributed by atoms with Crippen LogP contribution in [0.4, 0.5) is 0 Å². The average Bonchev–Trinajstić information content (AvgIpc) is 2.77. The maximum absolute atomic E-state index is 11.5. The van der Waals surface area contributed by atoms with Gasteiger partial charge in [-0.3, -0.25) is 10.1 Å². The van der Waals surface area contributed by atoms with Crippen LogP contribution in [0.5, 0.6) is 0 Å². The van der Waals surface area contributed by atoms with E-state index in [-0.39, 0.29) is 6.42 Å². The molecule has 2 heterocycles. The summed E-state index contributed by atoms with van der Waals surface area (Å²) >= 11 is 0. The zero-order valence-electron chi connectivity index (χ0n) is 17.4. The number of hydrogen-bond acceptors (Lipinski definition) is 13. The van der Waals surface area contributed by atoms with Crippen LogP contribution in [-0.2, 0) is 19.0 Å². The van der Waals surface area contributed by atoms with Crippen molar-refractivity contribution in [2.75, 3.05) is 19.8 Å². The Hall–Kier alpha value is -1.01. The predicted molar refractivity (Wildman–Crippen MR) is 104 cm³/mol. The van der Waals surface area contributed by atoms with Gasteiger partial charge in [0.05, 0.1) is 13.2 Å². The molecule has 0 saturated carbocycles. The van der Waals surface area contributed by atoms with Crippen LogP contribution < -0.4 is 11.1 Å². The first-order valence-corrected chi connectivity index (χ1v) is 10.4. The molecule has 0 spiro atoms. The van der Waals surface area contributed by atoms with E-state index in [2.05, 4.69) is 5.32 Å². The monoisotopic (exact) mass is 470 g/mol. The highest BCUT2D eigenvalue weighted by atomic mass is 16.7. The Bertz CT molecular complexity index is 582. The van der Waals surface area contributed by atoms with E-state index in [4.69, 9.17) is 19.9 Å². The number of aliphatic hydroxyl groups excluding tert-OH is 7. The van der Waals surface area contributed by atoms with E-state index in [0.717, 1.165) is 0 Å². The number of rotatable bonds is 11. The van der Waals surface area contributed by atoms with Crippen molar-refractivity contribution in [1.82, 2.24) is 5.32 Å². The van der Waals surface area contributed by atoms with Crippen molar-refractivity contribution in [1.29, 1.82) is 0 Å². The number of carboxylic acids is 1. The second-order valence-electron chi connectivity index (χ2n) is 7.90. The van der Waals surface area contributed by atoms with E-state index in [1.54, 1.807) is 0 Å². The first-order valence-electron chi connectivity index (χ1n) is 10.4. The molecule has 2 aliphatic heterocycles. The molecule has 14 heteroatoms. The molecule has 2 aliphatic rings. The fourth-order valence-corrected chi connectivity index (χ4v) is 3.70. The van der Waals surface area contributed by atoms with Gasteiger partial charge in [-0.1, -0.05) is 6.42 Å². The van der Waals surface area contributed by atoms with Crippen molar-refractivity contribution in [3.05, 3.63) is 0 Å². The van der Waals surface area contributed by atoms with Crippen LogP contribution in [0, 0.1) is 0 Å². The summed E-state index contributed by atoms with van der Waals surface area (Å²) in [5, 5.41) is 81.8. The van der Waals surface area contributed by atoms with Crippen LogP contribution in [0.2, 0.25) is 0 Å². The lowest BCUT2D eigenvalue weighted by Crippen LogP contribution is -2.67. The molecular formula is C18H34N2O12. The Morgan fingerprint density at radius 2 is 1.56 bits per heavy atom. The topological polar surface area (TPSA) is 245 Å². The molecule has 11 atom stereocenters. The Morgan fingerprint density at radius 3 is 2.12 bits per heavy atom. The van der Waals surface area contributed by atoms with Gasteiger partial charge in [0.2, 0.25) is 0 Å². The van der Waals surface area contributed by atoms with Crippen molar-refractivity contribution in [3.8, 4) is 0 Å². The SMILES string of the molecule is NCCCC[C@H](NC1O[C@H](CO)[C@@H](O[C@@H]2O[C@H](CO)[C@H](O)[C@H](O)[C@H]2O)[C@H](O)[C@H]1O)C(=O)O. The van der Waals surface area contributed by atoms with Gasteiger partial charge in [-0.25, -0.2) is 0 Å². The van der Waals surface area contributed by atoms with Crippen molar-refractivity contribution in [2.24, 2.45) is 5.73 Å². The zero-order chi connectivity index (χ0) is 24.0. The van der Waals surface area contributed by atoms with Crippen LogP contribution >= 0.6 is 0 Å². The van der Waals surface area contributed by atoms with E-state index in [0.29, 0.717) is 19.4 Å². The first-order chi connectivity index (χ1) is 15.2. The molecule has 0 bridgehead atoms. The molecule has 2 fully saturated rings. The zero-order valence-corrected chi connectivity index (χ0v) is 17.4. The molecule has 0 aromatic carbocycles. The highest BCUT2D eigenvalue weighted by Crippen LogP contribution is 2.29. The molecule has 11 N–H and O–H groups in total. The first kappa shape index (κ1) is 27.2. The van der Waals surface area contributed by atoms with Gasteiger partial charge in [0.1, 0.15) is 61.1 Å². The van der Waals surface area contributed by atoms with Gasteiger partial charge < -0.3 is 60.8 Å². The van der Waals surface area contributed by atoms with Crippen LogP contribution in [0.3, 0.4) is 0 Å². The Balaban J connectivity index is 2.08. The Kier molecular flexibility index (Phi) is 10.6. The normalized spacial score (nSPS) is 41.4. The highest BCUT2D eigenvalue weighted by molar-refractivity contribution is 5.73. The number of aliphatic carboxylic acids is 1. The number of nitrogens with two attached hydrogens (primary N) is 1. The largest absolute Gasteiger partial charge is 0.480 e. The molecule has 14 nitrogen and oxygen atoms in total. The predicted octanol–water partition coefficient (Wildman–Crippen LogP) is -5.22. The highest BCUT2D eigenvalue weighted by Gasteiger charge is 2.50. The number of nitrogens with one attached hydrogen (secondary N) is 1. The minimum absolute atomic E-state index is 0.184. The van der Waals surface area contributed by atoms with Gasteiger partial charge in [0.25, 0.3) is 0 Å². The van der Waals surface area contributed by atoms with Crippen LogP contribution in [0.1, 0.15) is 19.3 Å². The summed E-state index contributed by atoms with van der Waals surface area (Å²) in [5.74, 6) is -1.20. The standard InChI is InChI=1S/C18H34N2O12/c19-4-2-1-3-7(17(28)29)20-16-13(26)12(25)15(9(6-22)30-16)32-18-14(27)11(24)10(23)8(5-21)31-18/h7-16,18,20-27H,1-6,19H2,(H,28,29)/t7-,8+,9+,10-,11-,12+,13+,14+,15+,16?,18-/m0/s1. The number of ether oxygens (including phenoxy) is 3. The third kappa shape index (κ3) is 6.31. The third-order valence-corrected chi connectivity index (χ3v) is 5.61. The van der Waals surface area contributed by atoms with Gasteiger partial charge in [-0.15, -0.1) is 0 Å². The van der Waals surface area contributed by atoms with Crippen molar-refractivity contribution in [2.45, 2.75) is 86.7 Å². The number of hydrogen-bond donors (Lipinski definition) is 10. The number of unbranched alkanes of at least 4 members (excludes halogenated alkanes) is 1. The van der Waals surface area contributed by atoms with Gasteiger partial charge in [-0.05, 0) is 19.4 Å². The molecule has 188 valence electrons. The summed E-state index contributed by atoms with van der Waals surface area (Å²) in [4.78, 5) is 11.5. The number of carbonyl (C=O) groups is 1. The molecular weight excluding hydrogens is 436 g/mol. The third-order valence-electron chi connectivity index (χ3n) is 5.61. The van der Waals surface area contributed by atoms with Gasteiger partial charge in [-0.2, -0.15) is 0 Å². The molecule has 0 amide bonds. The lowest BCUT2D eigenvalue weighted by Gasteiger charge is -2.46. The molecule has 2 saturated heterocycles. The van der Waals surface area contributed by atoms with Crippen LogP contribution in [0.15, 0.2) is 0 Å². The molecule has 32 heavy (non-hydrogen) atoms. The molecule has 1 unspecified atom stereocenters. The van der Waals surface area contributed by atoms with Crippen LogP contribution in [0.25, 0.3) is 0 Å². The number of carboxylic acid groups (broad SMARTS) is 1. The summed E-state index contributed by atoms with van der Waals surface area (Å²) < 4.78 is 16.2. The summed E-state index contributed by atoms with van der Waals surface area (Å²) in [6, 6.07) is -1.12.